The van der Waals surface area contributed by atoms with Crippen LogP contribution in [0.5, 0.6) is 0 Å². The molecule has 0 aliphatic rings. The molecule has 0 aliphatic heterocycles. The van der Waals surface area contributed by atoms with E-state index in [9.17, 15) is 0 Å². The van der Waals surface area contributed by atoms with Gasteiger partial charge in [-0.3, -0.25) is 0 Å². The van der Waals surface area contributed by atoms with E-state index in [1.54, 1.807) is 0 Å². The van der Waals surface area contributed by atoms with E-state index in [4.69, 9.17) is 39.6 Å². The predicted octanol–water partition coefficient (Wildman–Crippen LogP) is -4.98. The molecule has 0 heterocycles. The fraction of sp³-hybridized carbons (Fsp3) is 0.500. The molecule has 102 valence electrons. The quantitative estimate of drug-likeness (QED) is 0.377. The molecule has 0 atom stereocenters. The predicted molar refractivity (Wildman–Crippen MR) is 42.7 cm³/mol. The maximum atomic E-state index is 8.89. The summed E-state index contributed by atoms with van der Waals surface area (Å²) in [4.78, 5) is 35.6. The summed E-state index contributed by atoms with van der Waals surface area (Å²) >= 11 is 0. The average molecular weight is 420 g/mol. The van der Waals surface area contributed by atoms with Crippen molar-refractivity contribution in [2.75, 3.05) is 0 Å². The van der Waals surface area contributed by atoms with Gasteiger partial charge in [-0.2, -0.15) is 0 Å². The minimum Gasteiger partial charge on any atom is -0.550 e. The van der Waals surface area contributed by atoms with Crippen LogP contribution in [-0.4, -0.2) is 23.9 Å². The van der Waals surface area contributed by atoms with Crippen LogP contribution in [0.15, 0.2) is 0 Å². The van der Waals surface area contributed by atoms with Gasteiger partial charge in [-0.05, 0) is 27.7 Å². The molecule has 0 saturated heterocycles. The van der Waals surface area contributed by atoms with Gasteiger partial charge in [-0.25, -0.2) is 0 Å². The van der Waals surface area contributed by atoms with Gasteiger partial charge >= 0.3 is 0 Å². The fourth-order valence-electron chi connectivity index (χ4n) is 0. The zero-order valence-corrected chi connectivity index (χ0v) is 12.6. The molecule has 0 radical (unpaired) electrons. The number of carboxylic acids is 4. The number of carboxylic acid groups (broad SMARTS) is 4. The molecule has 0 bridgehead atoms. The molecule has 0 aromatic carbocycles. The molecule has 17 heavy (non-hydrogen) atoms. The van der Waals surface area contributed by atoms with Crippen LogP contribution < -0.4 is 20.4 Å². The Bertz CT molecular complexity index is 162. The van der Waals surface area contributed by atoms with E-state index in [2.05, 4.69) is 0 Å². The molecule has 0 aliphatic carbocycles. The summed E-state index contributed by atoms with van der Waals surface area (Å²) in [5.74, 6) is -4.33. The van der Waals surface area contributed by atoms with Gasteiger partial charge in [0, 0.05) is 44.9 Å². The average Bonchev–Trinajstić information content (AvgIpc) is 1.76. The van der Waals surface area contributed by atoms with E-state index in [1.165, 1.54) is 0 Å². The first-order valence-corrected chi connectivity index (χ1v) is 3.63. The van der Waals surface area contributed by atoms with Gasteiger partial charge < -0.3 is 39.6 Å². The van der Waals surface area contributed by atoms with Crippen molar-refractivity contribution in [3.63, 3.8) is 0 Å². The van der Waals surface area contributed by atoms with Gasteiger partial charge in [0.25, 0.3) is 0 Å². The molecule has 0 fully saturated rings. The van der Waals surface area contributed by atoms with Gasteiger partial charge in [-0.15, -0.1) is 0 Å². The molecule has 0 aromatic heterocycles. The number of hydrogen-bond donors (Lipinski definition) is 0. The second kappa shape index (κ2) is 24.0. The van der Waals surface area contributed by atoms with Gasteiger partial charge in [0.2, 0.25) is 0 Å². The summed E-state index contributed by atoms with van der Waals surface area (Å²) in [6.45, 7) is 3.89. The summed E-state index contributed by atoms with van der Waals surface area (Å²) in [5.41, 5.74) is 0. The van der Waals surface area contributed by atoms with Crippen molar-refractivity contribution in [2.24, 2.45) is 0 Å². The van der Waals surface area contributed by atoms with Crippen LogP contribution in [0.1, 0.15) is 27.7 Å². The molecule has 8 nitrogen and oxygen atoms in total. The summed E-state index contributed by atoms with van der Waals surface area (Å²) < 4.78 is 0. The first kappa shape index (κ1) is 29.6. The zero-order valence-electron chi connectivity index (χ0n) is 9.67. The smallest absolute Gasteiger partial charge is 0.0383 e. The van der Waals surface area contributed by atoms with E-state index in [-0.39, 0.29) is 21.1 Å². The van der Waals surface area contributed by atoms with E-state index in [0.717, 1.165) is 27.7 Å². The van der Waals surface area contributed by atoms with Crippen LogP contribution in [0.2, 0.25) is 0 Å². The molecule has 0 spiro atoms. The number of hydrogen-bond acceptors (Lipinski definition) is 8. The second-order valence-corrected chi connectivity index (χ2v) is 1.97. The molecular weight excluding hydrogens is 408 g/mol. The third kappa shape index (κ3) is 1120. The van der Waals surface area contributed by atoms with E-state index >= 15 is 0 Å². The molecule has 9 heteroatoms. The van der Waals surface area contributed by atoms with Crippen LogP contribution in [0.4, 0.5) is 0 Å². The Kier molecular flexibility index (Phi) is 41.8. The van der Waals surface area contributed by atoms with Crippen molar-refractivity contribution >= 4 is 23.9 Å². The Morgan fingerprint density at radius 1 is 0.529 bits per heavy atom. The molecule has 0 saturated carbocycles. The van der Waals surface area contributed by atoms with Gasteiger partial charge in [-0.1, -0.05) is 0 Å². The number of rotatable bonds is 0. The van der Waals surface area contributed by atoms with E-state index in [0.29, 0.717) is 0 Å². The van der Waals surface area contributed by atoms with Crippen molar-refractivity contribution in [3.8, 4) is 0 Å². The first-order valence-electron chi connectivity index (χ1n) is 3.63. The van der Waals surface area contributed by atoms with Gasteiger partial charge in [0.05, 0.1) is 0 Å². The van der Waals surface area contributed by atoms with Crippen molar-refractivity contribution in [1.29, 1.82) is 0 Å². The Morgan fingerprint density at radius 2 is 0.529 bits per heavy atom. The Labute approximate surface area is 113 Å². The molecule has 0 rings (SSSR count). The summed E-state index contributed by atoms with van der Waals surface area (Å²) in [6.07, 6.45) is 0. The SMILES string of the molecule is CC(=O)[O-].CC(=O)[O-].CC(=O)[O-].CC(=O)[O-].[W]. The molecule has 0 unspecified atom stereocenters. The van der Waals surface area contributed by atoms with Gasteiger partial charge in [0.1, 0.15) is 0 Å². The standard InChI is InChI=1S/4C2H4O2.W/c4*1-2(3)4;/h4*1H3,(H,3,4);/p-4. The number of carbonyl (C=O) groups excluding carboxylic acids is 4. The second-order valence-electron chi connectivity index (χ2n) is 1.97. The van der Waals surface area contributed by atoms with Crippen LogP contribution >= 0.6 is 0 Å². The Hall–Kier alpha value is -1.43. The summed E-state index contributed by atoms with van der Waals surface area (Å²) in [5, 5.41) is 35.6. The minimum atomic E-state index is -1.08. The van der Waals surface area contributed by atoms with Crippen molar-refractivity contribution in [3.05, 3.63) is 0 Å². The van der Waals surface area contributed by atoms with Crippen molar-refractivity contribution in [2.45, 2.75) is 27.7 Å². The fourth-order valence-corrected chi connectivity index (χ4v) is 0. The third-order valence-corrected chi connectivity index (χ3v) is 0. The van der Waals surface area contributed by atoms with Crippen LogP contribution in [0.3, 0.4) is 0 Å². The van der Waals surface area contributed by atoms with Gasteiger partial charge in [0.15, 0.2) is 0 Å². The van der Waals surface area contributed by atoms with Crippen molar-refractivity contribution < 1.29 is 60.7 Å². The maximum Gasteiger partial charge on any atom is 0.0383 e. The van der Waals surface area contributed by atoms with Crippen LogP contribution in [-0.2, 0) is 40.2 Å². The van der Waals surface area contributed by atoms with E-state index in [1.807, 2.05) is 0 Å². The monoisotopic (exact) mass is 420 g/mol. The third-order valence-electron chi connectivity index (χ3n) is 0. The maximum absolute atomic E-state index is 8.89. The molecule has 0 aromatic rings. The van der Waals surface area contributed by atoms with Crippen LogP contribution in [0.25, 0.3) is 0 Å². The Morgan fingerprint density at radius 3 is 0.529 bits per heavy atom. The van der Waals surface area contributed by atoms with Crippen LogP contribution in [0, 0.1) is 0 Å². The first-order chi connectivity index (χ1) is 6.93. The number of aliphatic carboxylic acids is 4. The normalized spacial score (nSPS) is 5.88. The number of carbonyl (C=O) groups is 4. The topological polar surface area (TPSA) is 161 Å². The minimum absolute atomic E-state index is 0. The largest absolute Gasteiger partial charge is 0.550 e. The molecule has 0 amide bonds. The molecule has 0 N–H and O–H groups in total. The van der Waals surface area contributed by atoms with Crippen molar-refractivity contribution in [1.82, 2.24) is 0 Å². The summed E-state index contributed by atoms with van der Waals surface area (Å²) in [7, 11) is 0. The van der Waals surface area contributed by atoms with E-state index < -0.39 is 23.9 Å². The Balaban J connectivity index is -0.0000000369. The molecular formula is C8H12O8W-4. The summed E-state index contributed by atoms with van der Waals surface area (Å²) in [6, 6.07) is 0. The zero-order chi connectivity index (χ0) is 14.3.